The third-order valence-corrected chi connectivity index (χ3v) is 5.20. The zero-order valence-electron chi connectivity index (χ0n) is 15.5. The van der Waals surface area contributed by atoms with Crippen LogP contribution in [0.1, 0.15) is 23.6 Å². The van der Waals surface area contributed by atoms with Gasteiger partial charge in [0.15, 0.2) is 0 Å². The summed E-state index contributed by atoms with van der Waals surface area (Å²) < 4.78 is 21.0. The minimum Gasteiger partial charge on any atom is -0.506 e. The maximum absolute atomic E-state index is 14.9. The van der Waals surface area contributed by atoms with E-state index in [0.717, 1.165) is 16.3 Å². The molecule has 1 aromatic heterocycles. The van der Waals surface area contributed by atoms with E-state index in [1.807, 2.05) is 0 Å². The van der Waals surface area contributed by atoms with Gasteiger partial charge in [0.2, 0.25) is 6.04 Å². The third kappa shape index (κ3) is 3.12. The molecule has 0 amide bonds. The fraction of sp³-hybridized carbons (Fsp3) is 0.190. The van der Waals surface area contributed by atoms with Crippen LogP contribution in [0, 0.1) is 15.9 Å². The second kappa shape index (κ2) is 7.05. The topological polar surface area (TPSA) is 94.6 Å². The van der Waals surface area contributed by atoms with Crippen molar-refractivity contribution >= 4 is 0 Å². The first-order valence-electron chi connectivity index (χ1n) is 8.96. The van der Waals surface area contributed by atoms with Gasteiger partial charge in [0.05, 0.1) is 24.6 Å². The molecule has 1 unspecified atom stereocenters. The van der Waals surface area contributed by atoms with Crippen molar-refractivity contribution in [3.8, 4) is 28.3 Å². The van der Waals surface area contributed by atoms with Crippen LogP contribution in [0.15, 0.2) is 53.5 Å². The number of methoxy groups -OCH3 is 1. The van der Waals surface area contributed by atoms with Crippen molar-refractivity contribution in [2.75, 3.05) is 7.11 Å². The Morgan fingerprint density at radius 1 is 1.24 bits per heavy atom. The van der Waals surface area contributed by atoms with Crippen LogP contribution in [0.3, 0.4) is 0 Å². The standard InChI is InChI=1S/C21H17FN2O5/c1-29-14-4-2-3-12(9-14)13-5-7-17(16(22)10-13)23-11-19(25)15-6-8-18(24(27)28)20(15)21(23)26/h2-5,7,9-11,18,25H,6,8H2,1H3. The largest absolute Gasteiger partial charge is 0.506 e. The molecule has 1 heterocycles. The Kier molecular flexibility index (Phi) is 4.54. The van der Waals surface area contributed by atoms with E-state index >= 15 is 0 Å². The minimum absolute atomic E-state index is 0.0775. The summed E-state index contributed by atoms with van der Waals surface area (Å²) in [6.45, 7) is 0. The highest BCUT2D eigenvalue weighted by atomic mass is 19.1. The average molecular weight is 396 g/mol. The van der Waals surface area contributed by atoms with Gasteiger partial charge < -0.3 is 9.84 Å². The number of aromatic nitrogens is 1. The van der Waals surface area contributed by atoms with E-state index in [1.165, 1.54) is 19.2 Å². The number of nitrogens with zero attached hydrogens (tertiary/aromatic N) is 2. The minimum atomic E-state index is -1.20. The number of benzene rings is 2. The normalized spacial score (nSPS) is 15.2. The van der Waals surface area contributed by atoms with Crippen molar-refractivity contribution in [2.45, 2.75) is 18.9 Å². The number of rotatable bonds is 4. The van der Waals surface area contributed by atoms with E-state index in [4.69, 9.17) is 4.74 Å². The fourth-order valence-electron chi connectivity index (χ4n) is 3.76. The first-order valence-corrected chi connectivity index (χ1v) is 8.96. The summed E-state index contributed by atoms with van der Waals surface area (Å²) in [6.07, 6.45) is 1.49. The number of fused-ring (bicyclic) bond motifs is 1. The summed E-state index contributed by atoms with van der Waals surface area (Å²) >= 11 is 0. The van der Waals surface area contributed by atoms with Crippen LogP contribution < -0.4 is 10.3 Å². The lowest BCUT2D eigenvalue weighted by Gasteiger charge is -2.13. The van der Waals surface area contributed by atoms with Gasteiger partial charge in [-0.05, 0) is 41.8 Å². The molecule has 1 N–H and O–H groups in total. The molecular formula is C21H17FN2O5. The van der Waals surface area contributed by atoms with Gasteiger partial charge in [-0.3, -0.25) is 19.5 Å². The lowest BCUT2D eigenvalue weighted by Crippen LogP contribution is -2.26. The SMILES string of the molecule is COc1cccc(-c2ccc(-n3cc(O)c4c(c3=O)C([N+](=O)[O-])CC4)c(F)c2)c1. The predicted molar refractivity (Wildman–Crippen MR) is 104 cm³/mol. The van der Waals surface area contributed by atoms with Crippen molar-refractivity contribution in [3.63, 3.8) is 0 Å². The molecule has 8 heteroatoms. The van der Waals surface area contributed by atoms with Crippen molar-refractivity contribution < 1.29 is 19.2 Å². The molecular weight excluding hydrogens is 379 g/mol. The quantitative estimate of drug-likeness (QED) is 0.537. The second-order valence-corrected chi connectivity index (χ2v) is 6.82. The molecule has 0 saturated heterocycles. The Hall–Kier alpha value is -3.68. The molecule has 1 aliphatic rings. The summed E-state index contributed by atoms with van der Waals surface area (Å²) in [7, 11) is 1.54. The second-order valence-electron chi connectivity index (χ2n) is 6.82. The van der Waals surface area contributed by atoms with Crippen LogP contribution in [0.25, 0.3) is 16.8 Å². The molecule has 7 nitrogen and oxygen atoms in total. The van der Waals surface area contributed by atoms with Crippen LogP contribution in [-0.2, 0) is 6.42 Å². The summed E-state index contributed by atoms with van der Waals surface area (Å²) in [5.74, 6) is -0.319. The molecule has 0 aliphatic heterocycles. The molecule has 0 bridgehead atoms. The van der Waals surface area contributed by atoms with Crippen LogP contribution in [0.5, 0.6) is 11.5 Å². The van der Waals surface area contributed by atoms with Gasteiger partial charge in [-0.15, -0.1) is 0 Å². The van der Waals surface area contributed by atoms with Crippen molar-refractivity contribution in [2.24, 2.45) is 0 Å². The molecule has 4 rings (SSSR count). The molecule has 0 radical (unpaired) electrons. The first kappa shape index (κ1) is 18.7. The Labute approximate surface area is 164 Å². The van der Waals surface area contributed by atoms with Gasteiger partial charge in [-0.2, -0.15) is 0 Å². The predicted octanol–water partition coefficient (Wildman–Crippen LogP) is 3.62. The van der Waals surface area contributed by atoms with Gasteiger partial charge in [-0.1, -0.05) is 18.2 Å². The van der Waals surface area contributed by atoms with Crippen molar-refractivity contribution in [1.82, 2.24) is 4.57 Å². The number of nitro groups is 1. The summed E-state index contributed by atoms with van der Waals surface area (Å²) in [6, 6.07) is 10.2. The Balaban J connectivity index is 1.82. The average Bonchev–Trinajstić information content (AvgIpc) is 3.17. The number of aromatic hydroxyl groups is 1. The molecule has 2 aromatic carbocycles. The maximum atomic E-state index is 14.9. The number of hydrogen-bond acceptors (Lipinski definition) is 5. The summed E-state index contributed by atoms with van der Waals surface area (Å²) in [5.41, 5.74) is 0.713. The van der Waals surface area contributed by atoms with Crippen LogP contribution in [0.4, 0.5) is 4.39 Å². The molecule has 3 aromatic rings. The van der Waals surface area contributed by atoms with E-state index < -0.39 is 22.3 Å². The summed E-state index contributed by atoms with van der Waals surface area (Å²) in [5, 5.41) is 21.5. The van der Waals surface area contributed by atoms with Gasteiger partial charge in [0.1, 0.15) is 17.3 Å². The van der Waals surface area contributed by atoms with E-state index in [-0.39, 0.29) is 35.4 Å². The Bertz CT molecular complexity index is 1190. The van der Waals surface area contributed by atoms with Crippen molar-refractivity contribution in [1.29, 1.82) is 0 Å². The Morgan fingerprint density at radius 3 is 2.69 bits per heavy atom. The molecule has 1 atom stereocenters. The number of ether oxygens (including phenoxy) is 1. The first-order chi connectivity index (χ1) is 13.9. The van der Waals surface area contributed by atoms with E-state index in [9.17, 15) is 24.4 Å². The Morgan fingerprint density at radius 2 is 2.00 bits per heavy atom. The molecule has 0 spiro atoms. The van der Waals surface area contributed by atoms with E-state index in [1.54, 1.807) is 30.3 Å². The van der Waals surface area contributed by atoms with E-state index in [0.29, 0.717) is 11.3 Å². The highest BCUT2D eigenvalue weighted by molar-refractivity contribution is 5.66. The fourth-order valence-corrected chi connectivity index (χ4v) is 3.76. The smallest absolute Gasteiger partial charge is 0.265 e. The van der Waals surface area contributed by atoms with Crippen LogP contribution >= 0.6 is 0 Å². The molecule has 0 fully saturated rings. The highest BCUT2D eigenvalue weighted by Gasteiger charge is 2.37. The number of halogens is 1. The lowest BCUT2D eigenvalue weighted by molar-refractivity contribution is -0.528. The van der Waals surface area contributed by atoms with Crippen LogP contribution in [-0.4, -0.2) is 21.7 Å². The molecule has 1 aliphatic carbocycles. The molecule has 29 heavy (non-hydrogen) atoms. The lowest BCUT2D eigenvalue weighted by atomic mass is 10.0. The van der Waals surface area contributed by atoms with Gasteiger partial charge >= 0.3 is 0 Å². The summed E-state index contributed by atoms with van der Waals surface area (Å²) in [4.78, 5) is 23.6. The number of pyridine rings is 1. The monoisotopic (exact) mass is 396 g/mol. The zero-order valence-corrected chi connectivity index (χ0v) is 15.5. The van der Waals surface area contributed by atoms with Crippen LogP contribution in [0.2, 0.25) is 0 Å². The third-order valence-electron chi connectivity index (χ3n) is 5.20. The van der Waals surface area contributed by atoms with Gasteiger partial charge in [0.25, 0.3) is 5.56 Å². The molecule has 0 saturated carbocycles. The van der Waals surface area contributed by atoms with Gasteiger partial charge in [-0.25, -0.2) is 4.39 Å². The highest BCUT2D eigenvalue weighted by Crippen LogP contribution is 2.36. The maximum Gasteiger partial charge on any atom is 0.265 e. The van der Waals surface area contributed by atoms with Gasteiger partial charge in [0, 0.05) is 16.9 Å². The zero-order chi connectivity index (χ0) is 20.7. The number of hydrogen-bond donors (Lipinski definition) is 1. The van der Waals surface area contributed by atoms with Crippen molar-refractivity contribution in [3.05, 3.63) is 86.1 Å². The van der Waals surface area contributed by atoms with E-state index in [2.05, 4.69) is 0 Å². The molecule has 148 valence electrons.